The fraction of sp³-hybridized carbons (Fsp3) is 0.278. The van der Waals surface area contributed by atoms with Gasteiger partial charge in [0.25, 0.3) is 5.91 Å². The van der Waals surface area contributed by atoms with Crippen molar-refractivity contribution in [2.75, 3.05) is 27.8 Å². The van der Waals surface area contributed by atoms with Gasteiger partial charge in [-0.2, -0.15) is 0 Å². The van der Waals surface area contributed by atoms with Crippen molar-refractivity contribution in [3.63, 3.8) is 0 Å². The molecule has 2 rings (SSSR count). The minimum Gasteiger partial charge on any atom is -0.493 e. The lowest BCUT2D eigenvalue weighted by atomic mass is 10.1. The zero-order chi connectivity index (χ0) is 17.7. The predicted octanol–water partition coefficient (Wildman–Crippen LogP) is 3.27. The summed E-state index contributed by atoms with van der Waals surface area (Å²) in [7, 11) is 4.75. The number of ether oxygens (including phenoxy) is 2. The summed E-state index contributed by atoms with van der Waals surface area (Å²) in [5, 5.41) is 10.4. The number of aliphatic hydroxyl groups excluding tert-OH is 1. The molecule has 0 aromatic heterocycles. The third-order valence-corrected chi connectivity index (χ3v) is 4.21. The first-order valence-electron chi connectivity index (χ1n) is 7.37. The molecule has 0 fully saturated rings. The van der Waals surface area contributed by atoms with E-state index < -0.39 is 6.10 Å². The van der Waals surface area contributed by atoms with Gasteiger partial charge in [-0.3, -0.25) is 4.79 Å². The zero-order valence-electron chi connectivity index (χ0n) is 13.8. The van der Waals surface area contributed by atoms with Crippen LogP contribution in [0.25, 0.3) is 0 Å². The molecule has 1 N–H and O–H groups in total. The van der Waals surface area contributed by atoms with Gasteiger partial charge in [-0.25, -0.2) is 0 Å². The van der Waals surface area contributed by atoms with E-state index in [1.54, 1.807) is 44.5 Å². The molecule has 0 saturated carbocycles. The molecule has 24 heavy (non-hydrogen) atoms. The summed E-state index contributed by atoms with van der Waals surface area (Å²) >= 11 is 3.34. The number of aliphatic hydroxyl groups is 1. The van der Waals surface area contributed by atoms with Gasteiger partial charge in [-0.1, -0.05) is 22.0 Å². The number of amides is 1. The second kappa shape index (κ2) is 8.17. The minimum absolute atomic E-state index is 0.151. The molecule has 0 aliphatic heterocycles. The fourth-order valence-electron chi connectivity index (χ4n) is 2.32. The first-order chi connectivity index (χ1) is 11.5. The van der Waals surface area contributed by atoms with Gasteiger partial charge in [0.05, 0.1) is 26.9 Å². The molecule has 2 aromatic rings. The van der Waals surface area contributed by atoms with Crippen LogP contribution in [0.2, 0.25) is 0 Å². The molecular weight excluding hydrogens is 374 g/mol. The molecule has 0 saturated heterocycles. The van der Waals surface area contributed by atoms with Crippen LogP contribution < -0.4 is 9.47 Å². The number of likely N-dealkylation sites (N-methyl/N-ethyl adjacent to an activating group) is 1. The van der Waals surface area contributed by atoms with E-state index in [4.69, 9.17) is 9.47 Å². The Morgan fingerprint density at radius 2 is 1.75 bits per heavy atom. The quantitative estimate of drug-likeness (QED) is 0.817. The van der Waals surface area contributed by atoms with Crippen molar-refractivity contribution in [3.05, 3.63) is 58.1 Å². The maximum absolute atomic E-state index is 12.4. The number of methoxy groups -OCH3 is 2. The second-order valence-corrected chi connectivity index (χ2v) is 6.24. The summed E-state index contributed by atoms with van der Waals surface area (Å²) in [5.74, 6) is 0.978. The summed E-state index contributed by atoms with van der Waals surface area (Å²) in [4.78, 5) is 13.9. The normalized spacial score (nSPS) is 11.7. The van der Waals surface area contributed by atoms with Crippen LogP contribution in [0.15, 0.2) is 46.9 Å². The Morgan fingerprint density at radius 3 is 2.33 bits per heavy atom. The van der Waals surface area contributed by atoms with Gasteiger partial charge in [0, 0.05) is 17.1 Å². The summed E-state index contributed by atoms with van der Waals surface area (Å²) in [5.41, 5.74) is 1.23. The Hall–Kier alpha value is -2.05. The summed E-state index contributed by atoms with van der Waals surface area (Å²) in [6.45, 7) is 0.171. The molecule has 1 amide bonds. The van der Waals surface area contributed by atoms with Crippen molar-refractivity contribution in [1.82, 2.24) is 4.90 Å². The van der Waals surface area contributed by atoms with Gasteiger partial charge >= 0.3 is 0 Å². The number of carbonyl (C=O) groups is 1. The molecule has 2 aromatic carbocycles. The van der Waals surface area contributed by atoms with Crippen LogP contribution in [-0.2, 0) is 0 Å². The van der Waals surface area contributed by atoms with Crippen molar-refractivity contribution in [2.45, 2.75) is 6.10 Å². The molecule has 1 atom stereocenters. The van der Waals surface area contributed by atoms with Crippen LogP contribution in [0.5, 0.6) is 11.5 Å². The average Bonchev–Trinajstić information content (AvgIpc) is 2.60. The molecule has 6 heteroatoms. The predicted molar refractivity (Wildman–Crippen MR) is 95.6 cm³/mol. The van der Waals surface area contributed by atoms with E-state index >= 15 is 0 Å². The van der Waals surface area contributed by atoms with Crippen molar-refractivity contribution in [1.29, 1.82) is 0 Å². The van der Waals surface area contributed by atoms with Gasteiger partial charge < -0.3 is 19.5 Å². The highest BCUT2D eigenvalue weighted by atomic mass is 79.9. The Kier molecular flexibility index (Phi) is 6.23. The average molecular weight is 394 g/mol. The zero-order valence-corrected chi connectivity index (χ0v) is 15.4. The molecule has 0 aliphatic carbocycles. The third-order valence-electron chi connectivity index (χ3n) is 3.68. The largest absolute Gasteiger partial charge is 0.493 e. The van der Waals surface area contributed by atoms with E-state index in [2.05, 4.69) is 15.9 Å². The van der Waals surface area contributed by atoms with Crippen LogP contribution in [0.3, 0.4) is 0 Å². The Bertz CT molecular complexity index is 703. The van der Waals surface area contributed by atoms with Crippen LogP contribution in [0.4, 0.5) is 0 Å². The van der Waals surface area contributed by atoms with Crippen LogP contribution in [0.1, 0.15) is 22.0 Å². The van der Waals surface area contributed by atoms with Gasteiger partial charge in [0.2, 0.25) is 0 Å². The number of carbonyl (C=O) groups excluding carboxylic acids is 1. The second-order valence-electron chi connectivity index (χ2n) is 5.32. The summed E-state index contributed by atoms with van der Waals surface area (Å²) in [6.07, 6.45) is -0.825. The maximum Gasteiger partial charge on any atom is 0.253 e. The smallest absolute Gasteiger partial charge is 0.253 e. The van der Waals surface area contributed by atoms with E-state index in [0.717, 1.165) is 4.47 Å². The van der Waals surface area contributed by atoms with Crippen molar-refractivity contribution >= 4 is 21.8 Å². The lowest BCUT2D eigenvalue weighted by molar-refractivity contribution is 0.0680. The number of nitrogens with zero attached hydrogens (tertiary/aromatic N) is 1. The Labute approximate surface area is 149 Å². The maximum atomic E-state index is 12.4. The number of benzene rings is 2. The molecule has 0 radical (unpaired) electrons. The highest BCUT2D eigenvalue weighted by Gasteiger charge is 2.18. The number of halogens is 1. The Balaban J connectivity index is 2.09. The highest BCUT2D eigenvalue weighted by molar-refractivity contribution is 9.10. The van der Waals surface area contributed by atoms with Crippen LogP contribution >= 0.6 is 15.9 Å². The lowest BCUT2D eigenvalue weighted by Gasteiger charge is -2.22. The standard InChI is InChI=1S/C18H20BrNO4/c1-20(18(22)12-4-7-14(19)8-5-12)11-15(21)13-6-9-16(23-2)17(10-13)24-3/h4-10,15,21H,11H2,1-3H3. The fourth-order valence-corrected chi connectivity index (χ4v) is 2.58. The molecule has 0 aliphatic rings. The first-order valence-corrected chi connectivity index (χ1v) is 8.16. The van der Waals surface area contributed by atoms with Crippen molar-refractivity contribution in [3.8, 4) is 11.5 Å². The topological polar surface area (TPSA) is 59.0 Å². The number of hydrogen-bond donors (Lipinski definition) is 1. The van der Waals surface area contributed by atoms with E-state index in [-0.39, 0.29) is 12.5 Å². The first kappa shape index (κ1) is 18.3. The van der Waals surface area contributed by atoms with Crippen molar-refractivity contribution < 1.29 is 19.4 Å². The van der Waals surface area contributed by atoms with E-state index in [9.17, 15) is 9.90 Å². The molecule has 0 spiro atoms. The van der Waals surface area contributed by atoms with Gasteiger partial charge in [0.1, 0.15) is 0 Å². The van der Waals surface area contributed by atoms with Crippen molar-refractivity contribution in [2.24, 2.45) is 0 Å². The SMILES string of the molecule is COc1ccc(C(O)CN(C)C(=O)c2ccc(Br)cc2)cc1OC. The van der Waals surface area contributed by atoms with Gasteiger partial charge in [0.15, 0.2) is 11.5 Å². The summed E-state index contributed by atoms with van der Waals surface area (Å²) in [6, 6.07) is 12.3. The van der Waals surface area contributed by atoms with Crippen LogP contribution in [-0.4, -0.2) is 43.7 Å². The van der Waals surface area contributed by atoms with E-state index in [1.807, 2.05) is 12.1 Å². The third kappa shape index (κ3) is 4.27. The molecular formula is C18H20BrNO4. The molecule has 5 nitrogen and oxygen atoms in total. The van der Waals surface area contributed by atoms with E-state index in [0.29, 0.717) is 22.6 Å². The van der Waals surface area contributed by atoms with Gasteiger partial charge in [-0.05, 0) is 42.0 Å². The number of rotatable bonds is 6. The summed E-state index contributed by atoms with van der Waals surface area (Å²) < 4.78 is 11.3. The van der Waals surface area contributed by atoms with E-state index in [1.165, 1.54) is 12.0 Å². The number of hydrogen-bond acceptors (Lipinski definition) is 4. The molecule has 128 valence electrons. The molecule has 1 unspecified atom stereocenters. The van der Waals surface area contributed by atoms with Crippen LogP contribution in [0, 0.1) is 0 Å². The highest BCUT2D eigenvalue weighted by Crippen LogP contribution is 2.30. The minimum atomic E-state index is -0.825. The Morgan fingerprint density at radius 1 is 1.12 bits per heavy atom. The molecule has 0 heterocycles. The van der Waals surface area contributed by atoms with Gasteiger partial charge in [-0.15, -0.1) is 0 Å². The lowest BCUT2D eigenvalue weighted by Crippen LogP contribution is -2.31. The monoisotopic (exact) mass is 393 g/mol. The molecule has 0 bridgehead atoms.